The number of carbonyl (C=O) groups excluding carboxylic acids is 2. The van der Waals surface area contributed by atoms with E-state index in [2.05, 4.69) is 15.0 Å². The van der Waals surface area contributed by atoms with Gasteiger partial charge in [-0.25, -0.2) is 0 Å². The summed E-state index contributed by atoms with van der Waals surface area (Å²) in [7, 11) is 1.32. The molecule has 0 fully saturated rings. The predicted molar refractivity (Wildman–Crippen MR) is 54.7 cm³/mol. The first-order valence-corrected chi connectivity index (χ1v) is 4.41. The largest absolute Gasteiger partial charge is 0.468 e. The van der Waals surface area contributed by atoms with Gasteiger partial charge in [-0.2, -0.15) is 0 Å². The Morgan fingerprint density at radius 2 is 2.20 bits per heavy atom. The molecule has 5 heteroatoms. The summed E-state index contributed by atoms with van der Waals surface area (Å²) in [6, 6.07) is 3.29. The quantitative estimate of drug-likeness (QED) is 0.587. The van der Waals surface area contributed by atoms with Crippen molar-refractivity contribution in [1.29, 1.82) is 0 Å². The molecule has 15 heavy (non-hydrogen) atoms. The van der Waals surface area contributed by atoms with Gasteiger partial charge < -0.3 is 10.1 Å². The number of methoxy groups -OCH3 is 1. The van der Waals surface area contributed by atoms with Crippen LogP contribution in [0, 0.1) is 0 Å². The Hall–Kier alpha value is -1.91. The molecule has 0 radical (unpaired) electrons. The number of carbonyl (C=O) groups is 2. The zero-order valence-corrected chi connectivity index (χ0v) is 8.61. The van der Waals surface area contributed by atoms with E-state index in [0.717, 1.165) is 0 Å². The molecule has 1 rings (SSSR count). The van der Waals surface area contributed by atoms with Crippen molar-refractivity contribution in [1.82, 2.24) is 4.98 Å². The van der Waals surface area contributed by atoms with Crippen molar-refractivity contribution in [3.8, 4) is 0 Å². The van der Waals surface area contributed by atoms with Crippen LogP contribution in [0.25, 0.3) is 0 Å². The summed E-state index contributed by atoms with van der Waals surface area (Å²) in [5.74, 6) is -0.444. The first-order valence-electron chi connectivity index (χ1n) is 4.41. The minimum atomic E-state index is -0.356. The van der Waals surface area contributed by atoms with Crippen LogP contribution in [0.1, 0.15) is 17.4 Å². The first-order chi connectivity index (χ1) is 7.13. The Labute approximate surface area is 87.5 Å². The third kappa shape index (κ3) is 3.38. The van der Waals surface area contributed by atoms with E-state index in [-0.39, 0.29) is 18.3 Å². The lowest BCUT2D eigenvalue weighted by Gasteiger charge is -2.04. The van der Waals surface area contributed by atoms with Gasteiger partial charge in [-0.1, -0.05) is 0 Å². The zero-order valence-electron chi connectivity index (χ0n) is 8.61. The molecular formula is C10H12N2O3. The first kappa shape index (κ1) is 11.2. The van der Waals surface area contributed by atoms with Crippen molar-refractivity contribution in [2.45, 2.75) is 6.92 Å². The molecule has 0 aromatic carbocycles. The third-order valence-electron chi connectivity index (χ3n) is 1.79. The smallest absolute Gasteiger partial charge is 0.325 e. The molecule has 0 aliphatic carbocycles. The van der Waals surface area contributed by atoms with Crippen LogP contribution >= 0.6 is 0 Å². The molecule has 80 valence electrons. The number of nitrogens with zero attached hydrogens (tertiary/aromatic N) is 1. The van der Waals surface area contributed by atoms with Crippen molar-refractivity contribution >= 4 is 17.4 Å². The van der Waals surface area contributed by atoms with Gasteiger partial charge in [0.15, 0.2) is 5.78 Å². The fourth-order valence-electron chi connectivity index (χ4n) is 0.953. The van der Waals surface area contributed by atoms with Crippen LogP contribution < -0.4 is 5.32 Å². The summed E-state index contributed by atoms with van der Waals surface area (Å²) >= 11 is 0. The average molecular weight is 208 g/mol. The summed E-state index contributed by atoms with van der Waals surface area (Å²) in [5, 5.41) is 2.81. The molecule has 0 bridgehead atoms. The fraction of sp³-hybridized carbons (Fsp3) is 0.300. The van der Waals surface area contributed by atoms with Gasteiger partial charge in [0, 0.05) is 6.92 Å². The molecule has 1 aromatic heterocycles. The maximum atomic E-state index is 10.9. The molecule has 1 N–H and O–H groups in total. The van der Waals surface area contributed by atoms with Crippen LogP contribution in [0.3, 0.4) is 0 Å². The number of ether oxygens (including phenoxy) is 1. The lowest BCUT2D eigenvalue weighted by Crippen LogP contribution is -2.15. The summed E-state index contributed by atoms with van der Waals surface area (Å²) in [5.41, 5.74) is 1.07. The lowest BCUT2D eigenvalue weighted by atomic mass is 10.2. The van der Waals surface area contributed by atoms with Crippen molar-refractivity contribution in [2.75, 3.05) is 19.0 Å². The molecule has 0 amide bonds. The summed E-state index contributed by atoms with van der Waals surface area (Å²) in [6.45, 7) is 1.53. The molecule has 0 aliphatic heterocycles. The van der Waals surface area contributed by atoms with Gasteiger partial charge in [0.2, 0.25) is 0 Å². The van der Waals surface area contributed by atoms with E-state index in [4.69, 9.17) is 0 Å². The maximum absolute atomic E-state index is 10.9. The van der Waals surface area contributed by atoms with Gasteiger partial charge in [0.05, 0.1) is 19.0 Å². The van der Waals surface area contributed by atoms with Gasteiger partial charge in [0.25, 0.3) is 0 Å². The predicted octanol–water partition coefficient (Wildman–Crippen LogP) is 0.869. The number of hydrogen-bond acceptors (Lipinski definition) is 5. The maximum Gasteiger partial charge on any atom is 0.325 e. The molecule has 1 aromatic rings. The van der Waals surface area contributed by atoms with E-state index >= 15 is 0 Å². The lowest BCUT2D eigenvalue weighted by molar-refractivity contribution is -0.138. The van der Waals surface area contributed by atoms with Crippen molar-refractivity contribution in [3.05, 3.63) is 24.0 Å². The second-order valence-electron chi connectivity index (χ2n) is 2.92. The van der Waals surface area contributed by atoms with Gasteiger partial charge in [0.1, 0.15) is 12.2 Å². The Bertz CT molecular complexity index is 359. The van der Waals surface area contributed by atoms with Crippen LogP contribution in [0.15, 0.2) is 18.3 Å². The number of Topliss-reactive ketones (excluding diaryl/α,β-unsaturated/α-hetero) is 1. The SMILES string of the molecule is COC(=O)CNc1ccc(C(C)=O)nc1. The van der Waals surface area contributed by atoms with Gasteiger partial charge in [-0.15, -0.1) is 0 Å². The number of rotatable bonds is 4. The Balaban J connectivity index is 2.57. The summed E-state index contributed by atoms with van der Waals surface area (Å²) in [6.07, 6.45) is 1.50. The highest BCUT2D eigenvalue weighted by Crippen LogP contribution is 2.05. The summed E-state index contributed by atoms with van der Waals surface area (Å²) in [4.78, 5) is 25.6. The van der Waals surface area contributed by atoms with Crippen LogP contribution in [-0.4, -0.2) is 30.4 Å². The number of esters is 1. The van der Waals surface area contributed by atoms with Crippen LogP contribution in [0.5, 0.6) is 0 Å². The van der Waals surface area contributed by atoms with Gasteiger partial charge in [-0.05, 0) is 12.1 Å². The van der Waals surface area contributed by atoms with E-state index < -0.39 is 0 Å². The molecule has 0 aliphatic rings. The van der Waals surface area contributed by atoms with Crippen LogP contribution in [0.2, 0.25) is 0 Å². The number of nitrogens with one attached hydrogen (secondary N) is 1. The van der Waals surface area contributed by atoms with E-state index in [1.807, 2.05) is 0 Å². The highest BCUT2D eigenvalue weighted by Gasteiger charge is 2.02. The third-order valence-corrected chi connectivity index (χ3v) is 1.79. The number of pyridine rings is 1. The normalized spacial score (nSPS) is 9.47. The molecule has 0 spiro atoms. The summed E-state index contributed by atoms with van der Waals surface area (Å²) < 4.78 is 4.46. The number of ketones is 1. The van der Waals surface area contributed by atoms with Crippen LogP contribution in [-0.2, 0) is 9.53 Å². The van der Waals surface area contributed by atoms with E-state index in [9.17, 15) is 9.59 Å². The van der Waals surface area contributed by atoms with Crippen LogP contribution in [0.4, 0.5) is 5.69 Å². The van der Waals surface area contributed by atoms with Gasteiger partial charge >= 0.3 is 5.97 Å². The standard InChI is InChI=1S/C10H12N2O3/c1-7(13)9-4-3-8(5-12-9)11-6-10(14)15-2/h3-5,11H,6H2,1-2H3. The topological polar surface area (TPSA) is 68.3 Å². The van der Waals surface area contributed by atoms with Crippen molar-refractivity contribution in [2.24, 2.45) is 0 Å². The van der Waals surface area contributed by atoms with E-state index in [1.165, 1.54) is 20.2 Å². The number of anilines is 1. The number of hydrogen-bond donors (Lipinski definition) is 1. The Morgan fingerprint density at radius 3 is 2.67 bits per heavy atom. The molecule has 5 nitrogen and oxygen atoms in total. The molecule has 0 saturated carbocycles. The molecule has 0 saturated heterocycles. The number of aromatic nitrogens is 1. The zero-order chi connectivity index (χ0) is 11.3. The Kier molecular flexibility index (Phi) is 3.79. The molecule has 1 heterocycles. The van der Waals surface area contributed by atoms with Crippen molar-refractivity contribution < 1.29 is 14.3 Å². The monoisotopic (exact) mass is 208 g/mol. The molecule has 0 atom stereocenters. The average Bonchev–Trinajstić information content (AvgIpc) is 2.26. The second kappa shape index (κ2) is 5.09. The molecular weight excluding hydrogens is 196 g/mol. The van der Waals surface area contributed by atoms with Gasteiger partial charge in [-0.3, -0.25) is 14.6 Å². The van der Waals surface area contributed by atoms with Crippen molar-refractivity contribution in [3.63, 3.8) is 0 Å². The minimum Gasteiger partial charge on any atom is -0.468 e. The minimum absolute atomic E-state index is 0.0810. The van der Waals surface area contributed by atoms with E-state index in [0.29, 0.717) is 11.4 Å². The Morgan fingerprint density at radius 1 is 1.47 bits per heavy atom. The highest BCUT2D eigenvalue weighted by atomic mass is 16.5. The highest BCUT2D eigenvalue weighted by molar-refractivity contribution is 5.92. The van der Waals surface area contributed by atoms with E-state index in [1.54, 1.807) is 12.1 Å². The molecule has 0 unspecified atom stereocenters. The second-order valence-corrected chi connectivity index (χ2v) is 2.92. The fourth-order valence-corrected chi connectivity index (χ4v) is 0.953.